The predicted octanol–water partition coefficient (Wildman–Crippen LogP) is 1.61. The van der Waals surface area contributed by atoms with Crippen LogP contribution in [0.4, 0.5) is 0 Å². The Morgan fingerprint density at radius 3 is 2.80 bits per heavy atom. The molecule has 0 saturated carbocycles. The molecule has 2 nitrogen and oxygen atoms in total. The molecule has 0 bridgehead atoms. The van der Waals surface area contributed by atoms with E-state index in [0.29, 0.717) is 0 Å². The van der Waals surface area contributed by atoms with E-state index in [2.05, 4.69) is 4.74 Å². The smallest absolute Gasteiger partial charge is 0.308 e. The molecule has 0 spiro atoms. The zero-order chi connectivity index (χ0) is 9.90. The Morgan fingerprint density at radius 1 is 1.50 bits per heavy atom. The fourth-order valence-corrected chi connectivity index (χ4v) is 0.596. The summed E-state index contributed by atoms with van der Waals surface area (Å²) < 4.78 is 24.8. The molecule has 0 radical (unpaired) electrons. The van der Waals surface area contributed by atoms with Crippen molar-refractivity contribution in [2.45, 2.75) is 6.85 Å². The molecule has 52 valence electrons. The second-order valence-electron chi connectivity index (χ2n) is 1.70. The number of hydrogen-bond donors (Lipinski definition) is 0. The van der Waals surface area contributed by atoms with Gasteiger partial charge in [0.25, 0.3) is 0 Å². The highest BCUT2D eigenvalue weighted by Crippen LogP contribution is 2.07. The second kappa shape index (κ2) is 3.01. The van der Waals surface area contributed by atoms with E-state index < -0.39 is 12.8 Å². The van der Waals surface area contributed by atoms with Gasteiger partial charge in [0.15, 0.2) is 0 Å². The number of carbonyl (C=O) groups is 1. The Bertz CT molecular complexity index is 292. The van der Waals surface area contributed by atoms with Gasteiger partial charge in [0.1, 0.15) is 5.75 Å². The number of carbonyl (C=O) groups excluding carboxylic acids is 1. The van der Waals surface area contributed by atoms with Crippen molar-refractivity contribution in [2.75, 3.05) is 0 Å². The van der Waals surface area contributed by atoms with E-state index >= 15 is 0 Å². The van der Waals surface area contributed by atoms with Crippen LogP contribution in [0.1, 0.15) is 11.0 Å². The minimum Gasteiger partial charge on any atom is -0.427 e. The van der Waals surface area contributed by atoms with Gasteiger partial charge in [-0.2, -0.15) is 0 Å². The van der Waals surface area contributed by atoms with Crippen molar-refractivity contribution in [3.8, 4) is 5.75 Å². The van der Waals surface area contributed by atoms with Crippen LogP contribution < -0.4 is 4.74 Å². The Morgan fingerprint density at radius 2 is 2.20 bits per heavy atom. The first-order valence-corrected chi connectivity index (χ1v) is 2.77. The van der Waals surface area contributed by atoms with Gasteiger partial charge in [-0.15, -0.1) is 0 Å². The molecule has 0 unspecified atom stereocenters. The van der Waals surface area contributed by atoms with Gasteiger partial charge in [-0.3, -0.25) is 4.79 Å². The van der Waals surface area contributed by atoms with Crippen LogP contribution in [-0.4, -0.2) is 5.97 Å². The van der Waals surface area contributed by atoms with Crippen molar-refractivity contribution in [3.63, 3.8) is 0 Å². The van der Waals surface area contributed by atoms with Crippen LogP contribution in [0.5, 0.6) is 5.75 Å². The van der Waals surface area contributed by atoms with Crippen LogP contribution in [0, 0.1) is 0 Å². The maximum Gasteiger partial charge on any atom is 0.308 e. The van der Waals surface area contributed by atoms with Crippen LogP contribution in [0.2, 0.25) is 0 Å². The largest absolute Gasteiger partial charge is 0.427 e. The summed E-state index contributed by atoms with van der Waals surface area (Å²) in [5, 5.41) is 0. The molecule has 1 aromatic carbocycles. The first kappa shape index (κ1) is 3.76. The van der Waals surface area contributed by atoms with Gasteiger partial charge >= 0.3 is 5.97 Å². The lowest BCUT2D eigenvalue weighted by atomic mass is 10.3. The van der Waals surface area contributed by atoms with E-state index in [1.54, 1.807) is 18.2 Å². The van der Waals surface area contributed by atoms with E-state index in [0.717, 1.165) is 0 Å². The molecular weight excluding hydrogens is 128 g/mol. The summed E-state index contributed by atoms with van der Waals surface area (Å²) in [6.07, 6.45) is 0. The molecule has 0 aliphatic carbocycles. The highest BCUT2D eigenvalue weighted by atomic mass is 16.5. The molecule has 0 aromatic heterocycles. The Kier molecular flexibility index (Phi) is 1.13. The van der Waals surface area contributed by atoms with Gasteiger partial charge in [-0.05, 0) is 12.1 Å². The van der Waals surface area contributed by atoms with Crippen molar-refractivity contribution in [3.05, 3.63) is 30.3 Å². The SMILES string of the molecule is [2H]C([2H])([2H])C(=O)Oc1ccccc1. The molecule has 2 heteroatoms. The quantitative estimate of drug-likeness (QED) is 0.436. The number of hydrogen-bond acceptors (Lipinski definition) is 2. The van der Waals surface area contributed by atoms with Crippen molar-refractivity contribution < 1.29 is 13.6 Å². The molecule has 10 heavy (non-hydrogen) atoms. The van der Waals surface area contributed by atoms with E-state index in [1.165, 1.54) is 12.1 Å². The lowest BCUT2D eigenvalue weighted by molar-refractivity contribution is -0.131. The van der Waals surface area contributed by atoms with Crippen molar-refractivity contribution in [2.24, 2.45) is 0 Å². The average Bonchev–Trinajstić information content (AvgIpc) is 2.04. The summed E-state index contributed by atoms with van der Waals surface area (Å²) in [6, 6.07) is 8.09. The number of esters is 1. The second-order valence-corrected chi connectivity index (χ2v) is 1.70. The van der Waals surface area contributed by atoms with Crippen LogP contribution in [0.25, 0.3) is 0 Å². The molecule has 1 aromatic rings. The summed E-state index contributed by atoms with van der Waals surface area (Å²) in [4.78, 5) is 10.8. The fourth-order valence-electron chi connectivity index (χ4n) is 0.596. The van der Waals surface area contributed by atoms with Crippen LogP contribution >= 0.6 is 0 Å². The van der Waals surface area contributed by atoms with Crippen molar-refractivity contribution in [1.29, 1.82) is 0 Å². The molecule has 0 amide bonds. The van der Waals surface area contributed by atoms with E-state index in [-0.39, 0.29) is 5.75 Å². The highest BCUT2D eigenvalue weighted by Gasteiger charge is 1.92. The Labute approximate surface area is 63.7 Å². The summed E-state index contributed by atoms with van der Waals surface area (Å²) >= 11 is 0. The summed E-state index contributed by atoms with van der Waals surface area (Å²) in [7, 11) is 0. The van der Waals surface area contributed by atoms with Gasteiger partial charge < -0.3 is 4.74 Å². The first-order valence-electron chi connectivity index (χ1n) is 4.27. The lowest BCUT2D eigenvalue weighted by Gasteiger charge is -1.97. The maximum atomic E-state index is 10.8. The molecule has 0 heterocycles. The summed E-state index contributed by atoms with van der Waals surface area (Å²) in [6.45, 7) is -2.70. The normalized spacial score (nSPS) is 14.6. The third-order valence-corrected chi connectivity index (χ3v) is 0.954. The zero-order valence-corrected chi connectivity index (χ0v) is 5.20. The van der Waals surface area contributed by atoms with Gasteiger partial charge in [0, 0.05) is 11.0 Å². The maximum absolute atomic E-state index is 10.8. The molecule has 0 aliphatic heterocycles. The number of benzene rings is 1. The van der Waals surface area contributed by atoms with Crippen LogP contribution in [0.15, 0.2) is 30.3 Å². The minimum atomic E-state index is -2.70. The molecule has 0 atom stereocenters. The topological polar surface area (TPSA) is 26.3 Å². The van der Waals surface area contributed by atoms with Gasteiger partial charge in [-0.1, -0.05) is 18.2 Å². The fraction of sp³-hybridized carbons (Fsp3) is 0.125. The van der Waals surface area contributed by atoms with Crippen LogP contribution in [-0.2, 0) is 4.79 Å². The van der Waals surface area contributed by atoms with Gasteiger partial charge in [0.2, 0.25) is 0 Å². The first-order chi connectivity index (χ1) is 6.00. The van der Waals surface area contributed by atoms with Crippen molar-refractivity contribution in [1.82, 2.24) is 0 Å². The molecule has 0 saturated heterocycles. The van der Waals surface area contributed by atoms with E-state index in [1.807, 2.05) is 0 Å². The lowest BCUT2D eigenvalue weighted by Crippen LogP contribution is -2.00. The number of ether oxygens (including phenoxy) is 1. The molecule has 0 fully saturated rings. The zero-order valence-electron chi connectivity index (χ0n) is 8.20. The molecular formula is C8H8O2. The predicted molar refractivity (Wildman–Crippen MR) is 37.8 cm³/mol. The molecule has 0 aliphatic rings. The summed E-state index contributed by atoms with van der Waals surface area (Å²) in [5.41, 5.74) is 0. The third-order valence-electron chi connectivity index (χ3n) is 0.954. The van der Waals surface area contributed by atoms with E-state index in [9.17, 15) is 4.79 Å². The van der Waals surface area contributed by atoms with Crippen LogP contribution in [0.3, 0.4) is 0 Å². The average molecular weight is 139 g/mol. The molecule has 0 N–H and O–H groups in total. The monoisotopic (exact) mass is 139 g/mol. The summed E-state index contributed by atoms with van der Waals surface area (Å²) in [5.74, 6) is -0.970. The van der Waals surface area contributed by atoms with E-state index in [4.69, 9.17) is 4.11 Å². The standard InChI is InChI=1S/C8H8O2/c1-7(9)10-8-5-3-2-4-6-8/h2-6H,1H3/i1D3. The Balaban J connectivity index is 2.66. The van der Waals surface area contributed by atoms with Gasteiger partial charge in [0.05, 0.1) is 0 Å². The number of rotatable bonds is 1. The van der Waals surface area contributed by atoms with Crippen molar-refractivity contribution >= 4 is 5.97 Å². The Hall–Kier alpha value is -1.31. The third kappa shape index (κ3) is 1.90. The minimum absolute atomic E-state index is 0.239. The molecule has 1 rings (SSSR count). The highest BCUT2D eigenvalue weighted by molar-refractivity contribution is 5.69. The van der Waals surface area contributed by atoms with Gasteiger partial charge in [-0.25, -0.2) is 0 Å². The number of para-hydroxylation sites is 1.